The quantitative estimate of drug-likeness (QED) is 0.599. The monoisotopic (exact) mass is 326 g/mol. The molecule has 2 rings (SSSR count). The summed E-state index contributed by atoms with van der Waals surface area (Å²) in [5.41, 5.74) is 4.47. The van der Waals surface area contributed by atoms with Crippen LogP contribution in [-0.2, 0) is 11.2 Å². The molecule has 0 aliphatic rings. The van der Waals surface area contributed by atoms with Crippen LogP contribution in [0.15, 0.2) is 53.6 Å². The number of rotatable bonds is 8. The molecule has 0 fully saturated rings. The van der Waals surface area contributed by atoms with Crippen molar-refractivity contribution in [3.8, 4) is 11.5 Å². The van der Waals surface area contributed by atoms with Crippen LogP contribution in [0, 0.1) is 0 Å². The van der Waals surface area contributed by atoms with Crippen molar-refractivity contribution < 1.29 is 14.3 Å². The highest BCUT2D eigenvalue weighted by Gasteiger charge is 2.02. The summed E-state index contributed by atoms with van der Waals surface area (Å²) >= 11 is 0. The molecule has 0 saturated heterocycles. The zero-order chi connectivity index (χ0) is 17.2. The topological polar surface area (TPSA) is 59.9 Å². The SMILES string of the molecule is CCOc1ccccc1C=NNC(=O)COc1ccc(CC)cc1. The molecule has 1 N–H and O–H groups in total. The summed E-state index contributed by atoms with van der Waals surface area (Å²) in [6.07, 6.45) is 2.53. The van der Waals surface area contributed by atoms with Gasteiger partial charge in [0.2, 0.25) is 0 Å². The van der Waals surface area contributed by atoms with E-state index in [-0.39, 0.29) is 12.5 Å². The molecule has 2 aromatic rings. The number of hydrazone groups is 1. The summed E-state index contributed by atoms with van der Waals surface area (Å²) in [7, 11) is 0. The van der Waals surface area contributed by atoms with Gasteiger partial charge in [-0.05, 0) is 43.2 Å². The molecule has 5 nitrogen and oxygen atoms in total. The minimum Gasteiger partial charge on any atom is -0.493 e. The Balaban J connectivity index is 1.82. The number of hydrogen-bond acceptors (Lipinski definition) is 4. The van der Waals surface area contributed by atoms with E-state index in [1.54, 1.807) is 6.21 Å². The van der Waals surface area contributed by atoms with Crippen LogP contribution < -0.4 is 14.9 Å². The predicted octanol–water partition coefficient (Wildman–Crippen LogP) is 3.18. The van der Waals surface area contributed by atoms with Gasteiger partial charge >= 0.3 is 0 Å². The van der Waals surface area contributed by atoms with Gasteiger partial charge in [0.1, 0.15) is 11.5 Å². The Morgan fingerprint density at radius 3 is 2.54 bits per heavy atom. The molecule has 0 aliphatic heterocycles. The lowest BCUT2D eigenvalue weighted by Gasteiger charge is -2.07. The molecule has 2 aromatic carbocycles. The maximum absolute atomic E-state index is 11.8. The molecular weight excluding hydrogens is 304 g/mol. The van der Waals surface area contributed by atoms with Crippen molar-refractivity contribution >= 4 is 12.1 Å². The Hall–Kier alpha value is -2.82. The second-order valence-electron chi connectivity index (χ2n) is 5.05. The fourth-order valence-electron chi connectivity index (χ4n) is 2.05. The van der Waals surface area contributed by atoms with Crippen molar-refractivity contribution in [3.05, 3.63) is 59.7 Å². The molecule has 0 heterocycles. The smallest absolute Gasteiger partial charge is 0.277 e. The Kier molecular flexibility index (Phi) is 6.83. The van der Waals surface area contributed by atoms with E-state index in [0.717, 1.165) is 17.7 Å². The van der Waals surface area contributed by atoms with Crippen LogP contribution in [0.1, 0.15) is 25.0 Å². The third-order valence-electron chi connectivity index (χ3n) is 3.31. The normalized spacial score (nSPS) is 10.6. The van der Waals surface area contributed by atoms with Gasteiger partial charge in [-0.1, -0.05) is 31.2 Å². The van der Waals surface area contributed by atoms with Crippen LogP contribution in [0.25, 0.3) is 0 Å². The standard InChI is InChI=1S/C19H22N2O3/c1-3-15-9-11-17(12-10-15)24-14-19(22)21-20-13-16-7-5-6-8-18(16)23-4-2/h5-13H,3-4,14H2,1-2H3,(H,21,22). The van der Waals surface area contributed by atoms with Gasteiger partial charge < -0.3 is 9.47 Å². The van der Waals surface area contributed by atoms with E-state index in [0.29, 0.717) is 12.4 Å². The van der Waals surface area contributed by atoms with Gasteiger partial charge in [-0.25, -0.2) is 5.43 Å². The van der Waals surface area contributed by atoms with Crippen molar-refractivity contribution in [2.75, 3.05) is 13.2 Å². The highest BCUT2D eigenvalue weighted by Crippen LogP contribution is 2.15. The first-order chi connectivity index (χ1) is 11.7. The van der Waals surface area contributed by atoms with Crippen molar-refractivity contribution in [1.29, 1.82) is 0 Å². The number of aryl methyl sites for hydroxylation is 1. The lowest BCUT2D eigenvalue weighted by atomic mass is 10.2. The molecule has 0 atom stereocenters. The number of carbonyl (C=O) groups excluding carboxylic acids is 1. The number of carbonyl (C=O) groups is 1. The summed E-state index contributed by atoms with van der Waals surface area (Å²) in [5, 5.41) is 3.94. The molecule has 0 unspecified atom stereocenters. The Bertz CT molecular complexity index is 681. The molecule has 0 aliphatic carbocycles. The first-order valence-electron chi connectivity index (χ1n) is 7.98. The van der Waals surface area contributed by atoms with Crippen molar-refractivity contribution in [1.82, 2.24) is 5.43 Å². The van der Waals surface area contributed by atoms with E-state index in [1.165, 1.54) is 5.56 Å². The summed E-state index contributed by atoms with van der Waals surface area (Å²) in [4.78, 5) is 11.8. The molecular formula is C19H22N2O3. The third-order valence-corrected chi connectivity index (χ3v) is 3.31. The zero-order valence-corrected chi connectivity index (χ0v) is 14.0. The molecule has 0 aromatic heterocycles. The fourth-order valence-corrected chi connectivity index (χ4v) is 2.05. The van der Waals surface area contributed by atoms with Gasteiger partial charge in [0, 0.05) is 5.56 Å². The van der Waals surface area contributed by atoms with Crippen LogP contribution in [-0.4, -0.2) is 25.3 Å². The van der Waals surface area contributed by atoms with Crippen molar-refractivity contribution in [2.24, 2.45) is 5.10 Å². The Labute approximate surface area is 142 Å². The molecule has 5 heteroatoms. The second kappa shape index (κ2) is 9.35. The van der Waals surface area contributed by atoms with E-state index in [9.17, 15) is 4.79 Å². The Morgan fingerprint density at radius 2 is 1.83 bits per heavy atom. The minimum atomic E-state index is -0.320. The molecule has 126 valence electrons. The summed E-state index contributed by atoms with van der Waals surface area (Å²) in [6.45, 7) is 4.49. The fraction of sp³-hybridized carbons (Fsp3) is 0.263. The molecule has 24 heavy (non-hydrogen) atoms. The van der Waals surface area contributed by atoms with E-state index in [4.69, 9.17) is 9.47 Å². The van der Waals surface area contributed by atoms with E-state index in [2.05, 4.69) is 17.5 Å². The van der Waals surface area contributed by atoms with Crippen LogP contribution in [0.3, 0.4) is 0 Å². The van der Waals surface area contributed by atoms with Gasteiger partial charge in [-0.2, -0.15) is 5.10 Å². The summed E-state index contributed by atoms with van der Waals surface area (Å²) in [6, 6.07) is 15.2. The number of amides is 1. The summed E-state index contributed by atoms with van der Waals surface area (Å²) < 4.78 is 10.9. The van der Waals surface area contributed by atoms with Crippen LogP contribution in [0.4, 0.5) is 0 Å². The molecule has 0 bridgehead atoms. The number of hydrogen-bond donors (Lipinski definition) is 1. The van der Waals surface area contributed by atoms with Crippen molar-refractivity contribution in [2.45, 2.75) is 20.3 Å². The van der Waals surface area contributed by atoms with Crippen LogP contribution in [0.5, 0.6) is 11.5 Å². The van der Waals surface area contributed by atoms with Gasteiger partial charge in [0.15, 0.2) is 6.61 Å². The average molecular weight is 326 g/mol. The first kappa shape index (κ1) is 17.5. The molecule has 0 saturated carbocycles. The number of benzene rings is 2. The number of nitrogens with one attached hydrogen (secondary N) is 1. The maximum Gasteiger partial charge on any atom is 0.277 e. The van der Waals surface area contributed by atoms with Crippen LogP contribution >= 0.6 is 0 Å². The summed E-state index contributed by atoms with van der Waals surface area (Å²) in [5.74, 6) is 1.07. The number of nitrogens with zero attached hydrogens (tertiary/aromatic N) is 1. The number of ether oxygens (including phenoxy) is 2. The van der Waals surface area contributed by atoms with Crippen LogP contribution in [0.2, 0.25) is 0 Å². The van der Waals surface area contributed by atoms with E-state index >= 15 is 0 Å². The largest absolute Gasteiger partial charge is 0.493 e. The lowest BCUT2D eigenvalue weighted by molar-refractivity contribution is -0.123. The predicted molar refractivity (Wildman–Crippen MR) is 94.7 cm³/mol. The van der Waals surface area contributed by atoms with Gasteiger partial charge in [-0.15, -0.1) is 0 Å². The third kappa shape index (κ3) is 5.43. The number of para-hydroxylation sites is 1. The Morgan fingerprint density at radius 1 is 1.08 bits per heavy atom. The highest BCUT2D eigenvalue weighted by molar-refractivity contribution is 5.85. The molecule has 0 radical (unpaired) electrons. The zero-order valence-electron chi connectivity index (χ0n) is 14.0. The van der Waals surface area contributed by atoms with Gasteiger partial charge in [0.05, 0.1) is 12.8 Å². The van der Waals surface area contributed by atoms with Gasteiger partial charge in [0.25, 0.3) is 5.91 Å². The highest BCUT2D eigenvalue weighted by atomic mass is 16.5. The minimum absolute atomic E-state index is 0.0874. The van der Waals surface area contributed by atoms with Crippen molar-refractivity contribution in [3.63, 3.8) is 0 Å². The van der Waals surface area contributed by atoms with Gasteiger partial charge in [-0.3, -0.25) is 4.79 Å². The first-order valence-corrected chi connectivity index (χ1v) is 7.98. The van der Waals surface area contributed by atoms with E-state index < -0.39 is 0 Å². The average Bonchev–Trinajstić information content (AvgIpc) is 2.62. The van der Waals surface area contributed by atoms with E-state index in [1.807, 2.05) is 55.5 Å². The second-order valence-corrected chi connectivity index (χ2v) is 5.05. The molecule has 1 amide bonds. The lowest BCUT2D eigenvalue weighted by Crippen LogP contribution is -2.24. The molecule has 0 spiro atoms. The maximum atomic E-state index is 11.8.